The Morgan fingerprint density at radius 1 is 1.36 bits per heavy atom. The van der Waals surface area contributed by atoms with Crippen LogP contribution in [0, 0.1) is 5.92 Å². The molecule has 0 aliphatic heterocycles. The highest BCUT2D eigenvalue weighted by atomic mass is 35.5. The van der Waals surface area contributed by atoms with Crippen molar-refractivity contribution in [3.05, 3.63) is 18.7 Å². The van der Waals surface area contributed by atoms with E-state index in [1.165, 1.54) is 32.1 Å². The first-order chi connectivity index (χ1) is 6.86. The molecule has 1 unspecified atom stereocenters. The Kier molecular flexibility index (Phi) is 3.46. The van der Waals surface area contributed by atoms with Gasteiger partial charge in [-0.05, 0) is 18.8 Å². The molecule has 0 saturated heterocycles. The van der Waals surface area contributed by atoms with Crippen molar-refractivity contribution in [2.45, 2.75) is 44.0 Å². The van der Waals surface area contributed by atoms with E-state index in [0.717, 1.165) is 6.54 Å². The molecule has 1 heterocycles. The van der Waals surface area contributed by atoms with Gasteiger partial charge in [0.05, 0.1) is 11.7 Å². The Morgan fingerprint density at radius 2 is 2.14 bits per heavy atom. The summed E-state index contributed by atoms with van der Waals surface area (Å²) in [6.07, 6.45) is 12.4. The van der Waals surface area contributed by atoms with E-state index in [4.69, 9.17) is 11.6 Å². The normalized spacial score (nSPS) is 20.9. The molecule has 14 heavy (non-hydrogen) atoms. The summed E-state index contributed by atoms with van der Waals surface area (Å²) in [5.74, 6) is 0.716. The van der Waals surface area contributed by atoms with Crippen molar-refractivity contribution in [3.8, 4) is 0 Å². The molecular weight excluding hydrogens is 196 g/mol. The number of alkyl halides is 1. The van der Waals surface area contributed by atoms with Gasteiger partial charge in [0.2, 0.25) is 0 Å². The molecule has 78 valence electrons. The fourth-order valence-corrected chi connectivity index (χ4v) is 2.65. The molecule has 0 amide bonds. The van der Waals surface area contributed by atoms with Gasteiger partial charge in [-0.15, -0.1) is 11.6 Å². The summed E-state index contributed by atoms with van der Waals surface area (Å²) in [4.78, 5) is 4.02. The minimum Gasteiger partial charge on any atom is -0.336 e. The lowest BCUT2D eigenvalue weighted by Gasteiger charge is -2.26. The second-order valence-electron chi connectivity index (χ2n) is 4.17. The summed E-state index contributed by atoms with van der Waals surface area (Å²) in [7, 11) is 0. The predicted molar refractivity (Wildman–Crippen MR) is 58.4 cm³/mol. The molecule has 1 aromatic rings. The highest BCUT2D eigenvalue weighted by Crippen LogP contribution is 2.29. The summed E-state index contributed by atoms with van der Waals surface area (Å²) in [6, 6.07) is 0. The van der Waals surface area contributed by atoms with Gasteiger partial charge in [0, 0.05) is 18.9 Å². The second-order valence-corrected chi connectivity index (χ2v) is 4.73. The van der Waals surface area contributed by atoms with E-state index in [0.29, 0.717) is 5.92 Å². The fraction of sp³-hybridized carbons (Fsp3) is 0.727. The van der Waals surface area contributed by atoms with Crippen LogP contribution in [0.25, 0.3) is 0 Å². The van der Waals surface area contributed by atoms with E-state index in [-0.39, 0.29) is 5.38 Å². The summed E-state index contributed by atoms with van der Waals surface area (Å²) in [6.45, 7) is 0.909. The first-order valence-corrected chi connectivity index (χ1v) is 5.90. The molecule has 1 atom stereocenters. The highest BCUT2D eigenvalue weighted by molar-refractivity contribution is 6.20. The maximum absolute atomic E-state index is 6.40. The molecular formula is C11H17ClN2. The first-order valence-electron chi connectivity index (χ1n) is 5.46. The van der Waals surface area contributed by atoms with Gasteiger partial charge in [0.25, 0.3) is 0 Å². The van der Waals surface area contributed by atoms with Gasteiger partial charge >= 0.3 is 0 Å². The maximum Gasteiger partial charge on any atom is 0.0946 e. The first kappa shape index (κ1) is 10.0. The largest absolute Gasteiger partial charge is 0.336 e. The third-order valence-electron chi connectivity index (χ3n) is 3.11. The second kappa shape index (κ2) is 4.83. The summed E-state index contributed by atoms with van der Waals surface area (Å²) in [5.41, 5.74) is 0. The monoisotopic (exact) mass is 212 g/mol. The summed E-state index contributed by atoms with van der Waals surface area (Å²) in [5, 5.41) is 0.282. The van der Waals surface area contributed by atoms with Crippen LogP contribution in [0.15, 0.2) is 18.7 Å². The predicted octanol–water partition coefficient (Wildman–Crippen LogP) is 3.07. The van der Waals surface area contributed by atoms with Crippen molar-refractivity contribution in [3.63, 3.8) is 0 Å². The van der Waals surface area contributed by atoms with Crippen molar-refractivity contribution < 1.29 is 0 Å². The lowest BCUT2D eigenvalue weighted by Crippen LogP contribution is -2.22. The third kappa shape index (κ3) is 2.50. The minimum atomic E-state index is 0.282. The van der Waals surface area contributed by atoms with Gasteiger partial charge in [-0.3, -0.25) is 0 Å². The molecule has 0 aromatic carbocycles. The van der Waals surface area contributed by atoms with Crippen LogP contribution >= 0.6 is 11.6 Å². The fourth-order valence-electron chi connectivity index (χ4n) is 2.24. The van der Waals surface area contributed by atoms with Crippen LogP contribution in [0.3, 0.4) is 0 Å². The van der Waals surface area contributed by atoms with Gasteiger partial charge < -0.3 is 4.57 Å². The number of nitrogens with zero attached hydrogens (tertiary/aromatic N) is 2. The highest BCUT2D eigenvalue weighted by Gasteiger charge is 2.21. The number of aromatic nitrogens is 2. The van der Waals surface area contributed by atoms with Crippen molar-refractivity contribution in [1.29, 1.82) is 0 Å². The summed E-state index contributed by atoms with van der Waals surface area (Å²) < 4.78 is 2.08. The Labute approximate surface area is 90.3 Å². The van der Waals surface area contributed by atoms with Crippen LogP contribution in [0.4, 0.5) is 0 Å². The zero-order valence-electron chi connectivity index (χ0n) is 8.40. The van der Waals surface area contributed by atoms with E-state index in [9.17, 15) is 0 Å². The molecule has 0 spiro atoms. The van der Waals surface area contributed by atoms with Crippen molar-refractivity contribution in [2.75, 3.05) is 0 Å². The van der Waals surface area contributed by atoms with Crippen LogP contribution in [-0.2, 0) is 6.54 Å². The average Bonchev–Trinajstić information content (AvgIpc) is 2.72. The molecule has 1 saturated carbocycles. The molecule has 0 N–H and O–H groups in total. The number of halogens is 1. The number of rotatable bonds is 3. The van der Waals surface area contributed by atoms with E-state index >= 15 is 0 Å². The third-order valence-corrected chi connectivity index (χ3v) is 3.60. The zero-order valence-corrected chi connectivity index (χ0v) is 9.16. The van der Waals surface area contributed by atoms with E-state index in [1.54, 1.807) is 0 Å². The molecule has 1 aliphatic carbocycles. The van der Waals surface area contributed by atoms with Gasteiger partial charge in [-0.25, -0.2) is 4.98 Å². The van der Waals surface area contributed by atoms with E-state index in [1.807, 2.05) is 18.7 Å². The van der Waals surface area contributed by atoms with Gasteiger partial charge in [0.1, 0.15) is 0 Å². The van der Waals surface area contributed by atoms with Crippen molar-refractivity contribution >= 4 is 11.6 Å². The Balaban J connectivity index is 1.85. The van der Waals surface area contributed by atoms with Crippen LogP contribution in [0.1, 0.15) is 32.1 Å². The van der Waals surface area contributed by atoms with E-state index in [2.05, 4.69) is 9.55 Å². The van der Waals surface area contributed by atoms with Crippen LogP contribution in [0.5, 0.6) is 0 Å². The molecule has 0 bridgehead atoms. The molecule has 2 rings (SSSR count). The number of imidazole rings is 1. The van der Waals surface area contributed by atoms with Gasteiger partial charge in [0.15, 0.2) is 0 Å². The quantitative estimate of drug-likeness (QED) is 0.705. The molecule has 2 nitrogen and oxygen atoms in total. The lowest BCUT2D eigenvalue weighted by molar-refractivity contribution is 0.329. The van der Waals surface area contributed by atoms with Crippen LogP contribution in [-0.4, -0.2) is 14.9 Å². The van der Waals surface area contributed by atoms with Gasteiger partial charge in [-0.2, -0.15) is 0 Å². The Morgan fingerprint density at radius 3 is 2.79 bits per heavy atom. The zero-order chi connectivity index (χ0) is 9.80. The number of hydrogen-bond donors (Lipinski definition) is 0. The molecule has 0 radical (unpaired) electrons. The summed E-state index contributed by atoms with van der Waals surface area (Å²) >= 11 is 6.40. The van der Waals surface area contributed by atoms with Crippen LogP contribution < -0.4 is 0 Å². The maximum atomic E-state index is 6.40. The molecule has 3 heteroatoms. The SMILES string of the molecule is ClC(Cn1ccnc1)C1CCCCC1. The Bertz CT molecular complexity index is 252. The average molecular weight is 213 g/mol. The van der Waals surface area contributed by atoms with E-state index < -0.39 is 0 Å². The van der Waals surface area contributed by atoms with Gasteiger partial charge in [-0.1, -0.05) is 19.3 Å². The molecule has 1 aromatic heterocycles. The smallest absolute Gasteiger partial charge is 0.0946 e. The minimum absolute atomic E-state index is 0.282. The standard InChI is InChI=1S/C11H17ClN2/c12-11(8-14-7-6-13-9-14)10-4-2-1-3-5-10/h6-7,9-11H,1-5,8H2. The molecule has 1 aliphatic rings. The topological polar surface area (TPSA) is 17.8 Å². The molecule has 1 fully saturated rings. The van der Waals surface area contributed by atoms with Crippen LogP contribution in [0.2, 0.25) is 0 Å². The van der Waals surface area contributed by atoms with Crippen molar-refractivity contribution in [1.82, 2.24) is 9.55 Å². The number of hydrogen-bond acceptors (Lipinski definition) is 1. The Hall–Kier alpha value is -0.500. The van der Waals surface area contributed by atoms with Crippen molar-refractivity contribution in [2.24, 2.45) is 5.92 Å². The lowest BCUT2D eigenvalue weighted by atomic mass is 9.87.